The Hall–Kier alpha value is -9.04. The van der Waals surface area contributed by atoms with Crippen LogP contribution in [0.25, 0.3) is 127 Å². The maximum absolute atomic E-state index is 8.26. The van der Waals surface area contributed by atoms with Crippen molar-refractivity contribution in [1.29, 1.82) is 0 Å². The van der Waals surface area contributed by atoms with Gasteiger partial charge in [0.1, 0.15) is 0 Å². The molecule has 0 aliphatic carbocycles. The molecule has 0 atom stereocenters. The first kappa shape index (κ1) is 38.6. The Kier molecular flexibility index (Phi) is 9.51. The lowest BCUT2D eigenvalue weighted by molar-refractivity contribution is 1.08. The minimum absolute atomic E-state index is 0.591. The molecule has 0 radical (unpaired) electrons. The molecule has 1 heterocycles. The number of fused-ring (bicyclic) bond motifs is 6. The van der Waals surface area contributed by atoms with E-state index in [1.807, 2.05) is 48.5 Å². The SMILES string of the molecule is [C-]#[N+]c1cccc(-c2cccc(-c3ccccc3-c3nc(-c4ccccc4)nc(-c4cccc5c4ccc4ccccc45)n3)c2)c1-c1ccc(-c2ccc3ccc4ccccc4c3c2)cc1. The van der Waals surface area contributed by atoms with E-state index in [-0.39, 0.29) is 0 Å². The highest BCUT2D eigenvalue weighted by molar-refractivity contribution is 6.12. The molecule has 66 heavy (non-hydrogen) atoms. The molecule has 306 valence electrons. The van der Waals surface area contributed by atoms with Crippen LogP contribution in [0.2, 0.25) is 0 Å². The lowest BCUT2D eigenvalue weighted by Gasteiger charge is -2.16. The third kappa shape index (κ3) is 6.84. The number of hydrogen-bond acceptors (Lipinski definition) is 3. The molecular formula is C62H38N4. The maximum Gasteiger partial charge on any atom is 0.195 e. The van der Waals surface area contributed by atoms with E-state index in [9.17, 15) is 0 Å². The average molecular weight is 839 g/mol. The van der Waals surface area contributed by atoms with Gasteiger partial charge in [0.15, 0.2) is 23.2 Å². The van der Waals surface area contributed by atoms with Gasteiger partial charge in [-0.2, -0.15) is 0 Å². The van der Waals surface area contributed by atoms with Crippen molar-refractivity contribution in [2.75, 3.05) is 0 Å². The molecule has 0 N–H and O–H groups in total. The molecule has 0 saturated carbocycles. The normalized spacial score (nSPS) is 11.3. The van der Waals surface area contributed by atoms with Gasteiger partial charge in [0.25, 0.3) is 0 Å². The third-order valence-electron chi connectivity index (χ3n) is 12.8. The molecule has 12 aromatic rings. The molecule has 11 aromatic carbocycles. The summed E-state index contributed by atoms with van der Waals surface area (Å²) in [5.74, 6) is 1.81. The monoisotopic (exact) mass is 838 g/mol. The molecule has 4 heteroatoms. The van der Waals surface area contributed by atoms with Crippen molar-refractivity contribution in [3.05, 3.63) is 242 Å². The highest BCUT2D eigenvalue weighted by atomic mass is 15.0. The Morgan fingerprint density at radius 1 is 0.273 bits per heavy atom. The van der Waals surface area contributed by atoms with Crippen molar-refractivity contribution >= 4 is 48.8 Å². The first-order valence-corrected chi connectivity index (χ1v) is 22.1. The summed E-state index contributed by atoms with van der Waals surface area (Å²) < 4.78 is 0. The zero-order valence-corrected chi connectivity index (χ0v) is 35.7. The van der Waals surface area contributed by atoms with Crippen LogP contribution in [0.5, 0.6) is 0 Å². The van der Waals surface area contributed by atoms with Crippen molar-refractivity contribution in [1.82, 2.24) is 15.0 Å². The van der Waals surface area contributed by atoms with Crippen LogP contribution >= 0.6 is 0 Å². The molecule has 4 nitrogen and oxygen atoms in total. The van der Waals surface area contributed by atoms with E-state index in [2.05, 4.69) is 187 Å². The Morgan fingerprint density at radius 2 is 0.773 bits per heavy atom. The minimum Gasteiger partial charge on any atom is -0.237 e. The van der Waals surface area contributed by atoms with Gasteiger partial charge in [-0.3, -0.25) is 0 Å². The number of nitrogens with zero attached hydrogens (tertiary/aromatic N) is 4. The number of hydrogen-bond donors (Lipinski definition) is 0. The van der Waals surface area contributed by atoms with Crippen LogP contribution in [-0.2, 0) is 0 Å². The average Bonchev–Trinajstić information content (AvgIpc) is 3.40. The second-order valence-corrected chi connectivity index (χ2v) is 16.6. The van der Waals surface area contributed by atoms with E-state index in [1.54, 1.807) is 0 Å². The van der Waals surface area contributed by atoms with Crippen molar-refractivity contribution in [3.63, 3.8) is 0 Å². The second kappa shape index (κ2) is 16.3. The topological polar surface area (TPSA) is 43.0 Å². The van der Waals surface area contributed by atoms with E-state index in [1.165, 1.54) is 32.3 Å². The largest absolute Gasteiger partial charge is 0.237 e. The Morgan fingerprint density at radius 3 is 1.55 bits per heavy atom. The van der Waals surface area contributed by atoms with Gasteiger partial charge in [-0.05, 0) is 99.7 Å². The highest BCUT2D eigenvalue weighted by Gasteiger charge is 2.19. The van der Waals surface area contributed by atoms with Crippen LogP contribution in [0.1, 0.15) is 0 Å². The van der Waals surface area contributed by atoms with E-state index in [4.69, 9.17) is 21.5 Å². The van der Waals surface area contributed by atoms with Crippen molar-refractivity contribution in [2.45, 2.75) is 0 Å². The van der Waals surface area contributed by atoms with Gasteiger partial charge >= 0.3 is 0 Å². The van der Waals surface area contributed by atoms with E-state index >= 15 is 0 Å². The Balaban J connectivity index is 0.951. The predicted octanol–water partition coefficient (Wildman–Crippen LogP) is 16.7. The predicted molar refractivity (Wildman–Crippen MR) is 274 cm³/mol. The molecule has 0 bridgehead atoms. The quantitative estimate of drug-likeness (QED) is 0.119. The summed E-state index contributed by atoms with van der Waals surface area (Å²) in [6.45, 7) is 8.26. The summed E-state index contributed by atoms with van der Waals surface area (Å²) in [5.41, 5.74) is 11.6. The molecule has 0 aliphatic rings. The summed E-state index contributed by atoms with van der Waals surface area (Å²) in [6, 6.07) is 80.5. The summed E-state index contributed by atoms with van der Waals surface area (Å²) in [5, 5.41) is 9.57. The molecule has 0 spiro atoms. The molecular weight excluding hydrogens is 801 g/mol. The van der Waals surface area contributed by atoms with Gasteiger partial charge in [0, 0.05) is 16.7 Å². The van der Waals surface area contributed by atoms with Gasteiger partial charge < -0.3 is 0 Å². The van der Waals surface area contributed by atoms with E-state index < -0.39 is 0 Å². The zero-order chi connectivity index (χ0) is 44.0. The Labute approximate surface area is 382 Å². The van der Waals surface area contributed by atoms with Crippen LogP contribution in [0, 0.1) is 6.57 Å². The Bertz CT molecular complexity index is 3890. The van der Waals surface area contributed by atoms with Crippen molar-refractivity contribution in [2.24, 2.45) is 0 Å². The van der Waals surface area contributed by atoms with Gasteiger partial charge in [0.2, 0.25) is 0 Å². The fraction of sp³-hybridized carbons (Fsp3) is 0. The first-order chi connectivity index (χ1) is 32.7. The van der Waals surface area contributed by atoms with Gasteiger partial charge in [-0.15, -0.1) is 0 Å². The fourth-order valence-corrected chi connectivity index (χ4v) is 9.54. The van der Waals surface area contributed by atoms with Crippen LogP contribution in [0.3, 0.4) is 0 Å². The fourth-order valence-electron chi connectivity index (χ4n) is 9.54. The van der Waals surface area contributed by atoms with E-state index in [0.29, 0.717) is 23.2 Å². The molecule has 0 amide bonds. The maximum atomic E-state index is 8.26. The summed E-state index contributed by atoms with van der Waals surface area (Å²) in [7, 11) is 0. The molecule has 12 rings (SSSR count). The molecule has 0 fully saturated rings. The van der Waals surface area contributed by atoms with Crippen molar-refractivity contribution < 1.29 is 0 Å². The smallest absolute Gasteiger partial charge is 0.195 e. The minimum atomic E-state index is 0.591. The van der Waals surface area contributed by atoms with Crippen LogP contribution in [0.4, 0.5) is 5.69 Å². The number of aromatic nitrogens is 3. The van der Waals surface area contributed by atoms with Gasteiger partial charge in [-0.25, -0.2) is 19.8 Å². The molecule has 1 aromatic heterocycles. The summed E-state index contributed by atoms with van der Waals surface area (Å²) >= 11 is 0. The van der Waals surface area contributed by atoms with Crippen LogP contribution < -0.4 is 0 Å². The first-order valence-electron chi connectivity index (χ1n) is 22.1. The lowest BCUT2D eigenvalue weighted by Crippen LogP contribution is -2.01. The van der Waals surface area contributed by atoms with Crippen LogP contribution in [0.15, 0.2) is 231 Å². The summed E-state index contributed by atoms with van der Waals surface area (Å²) in [6.07, 6.45) is 0. The van der Waals surface area contributed by atoms with E-state index in [0.717, 1.165) is 72.0 Å². The number of benzene rings is 11. The van der Waals surface area contributed by atoms with Crippen molar-refractivity contribution in [3.8, 4) is 78.7 Å². The lowest BCUT2D eigenvalue weighted by atomic mass is 9.90. The van der Waals surface area contributed by atoms with Gasteiger partial charge in [0.05, 0.1) is 6.57 Å². The summed E-state index contributed by atoms with van der Waals surface area (Å²) in [4.78, 5) is 19.6. The van der Waals surface area contributed by atoms with Crippen LogP contribution in [-0.4, -0.2) is 15.0 Å². The van der Waals surface area contributed by atoms with Gasteiger partial charge in [-0.1, -0.05) is 218 Å². The zero-order valence-electron chi connectivity index (χ0n) is 35.7. The molecule has 0 unspecified atom stereocenters. The third-order valence-corrected chi connectivity index (χ3v) is 12.8. The standard InChI is InChI=1S/C62H38N4/c1-63-58-27-13-24-52(59(58)44-33-28-40(29-34-44)46-35-32-43-31-30-41-14-6-8-21-50(41)57(43)39-46)48-19-11-18-47(38-48)51-22-9-10-23-55(51)61-64-60(45-16-3-2-4-17-45)65-62(66-61)56-26-12-25-53-49-20-7-5-15-42(49)36-37-54(53)56/h2-39H. The molecule has 0 saturated heterocycles. The number of rotatable bonds is 7. The highest BCUT2D eigenvalue weighted by Crippen LogP contribution is 2.43. The molecule has 0 aliphatic heterocycles. The second-order valence-electron chi connectivity index (χ2n) is 16.6.